The normalized spacial score (nSPS) is 16.1. The number of nitrogens with zero attached hydrogens (tertiary/aromatic N) is 1. The molecule has 0 radical (unpaired) electrons. The molecular formula is C24H27F4N3O7S. The number of benzene rings is 2. The molecule has 15 heteroatoms. The van der Waals surface area contributed by atoms with Gasteiger partial charge in [0.05, 0.1) is 23.7 Å². The van der Waals surface area contributed by atoms with E-state index in [-0.39, 0.29) is 35.1 Å². The fourth-order valence-corrected chi connectivity index (χ4v) is 4.81. The fourth-order valence-electron chi connectivity index (χ4n) is 3.31. The van der Waals surface area contributed by atoms with E-state index in [1.807, 2.05) is 0 Å². The van der Waals surface area contributed by atoms with Gasteiger partial charge in [-0.15, -0.1) is 0 Å². The van der Waals surface area contributed by atoms with Crippen LogP contribution in [0.1, 0.15) is 27.7 Å². The Morgan fingerprint density at radius 3 is 2.28 bits per heavy atom. The SMILES string of the molecule is CC(C)(O)C(=O)NCC1CN(S(=O)(=O)c2ccc(F)cc2)c2cc(NC(=O)OC(C)(C)C(F)(F)F)ccc2O1. The Balaban J connectivity index is 1.94. The average Bonchev–Trinajstić information content (AvgIpc) is 2.80. The van der Waals surface area contributed by atoms with Crippen molar-refractivity contribution in [3.63, 3.8) is 0 Å². The van der Waals surface area contributed by atoms with E-state index in [4.69, 9.17) is 4.74 Å². The van der Waals surface area contributed by atoms with Gasteiger partial charge in [0.15, 0.2) is 0 Å². The summed E-state index contributed by atoms with van der Waals surface area (Å²) in [6, 6.07) is 7.67. The fraction of sp³-hybridized carbons (Fsp3) is 0.417. The van der Waals surface area contributed by atoms with Crippen molar-refractivity contribution in [1.29, 1.82) is 0 Å². The third-order valence-electron chi connectivity index (χ3n) is 5.62. The molecule has 0 aliphatic carbocycles. The maximum Gasteiger partial charge on any atom is 0.427 e. The van der Waals surface area contributed by atoms with E-state index in [2.05, 4.69) is 15.4 Å². The van der Waals surface area contributed by atoms with Crippen molar-refractivity contribution in [2.24, 2.45) is 0 Å². The quantitative estimate of drug-likeness (QED) is 0.429. The standard InChI is InChI=1S/C24H27F4N3O7S/c1-22(2,34)20(32)29-12-16-13-31(39(35,36)17-8-5-14(25)6-9-17)18-11-15(7-10-19(18)37-16)30-21(33)38-23(3,4)24(26,27)28/h5-11,16,34H,12-13H2,1-4H3,(H,29,32)(H,30,33). The van der Waals surface area contributed by atoms with Crippen molar-refractivity contribution < 1.29 is 50.1 Å². The second-order valence-electron chi connectivity index (χ2n) is 9.70. The number of fused-ring (bicyclic) bond motifs is 1. The van der Waals surface area contributed by atoms with Crippen molar-refractivity contribution >= 4 is 33.4 Å². The summed E-state index contributed by atoms with van der Waals surface area (Å²) < 4.78 is 90.9. The Kier molecular flexibility index (Phi) is 8.08. The number of rotatable bonds is 7. The zero-order valence-electron chi connectivity index (χ0n) is 21.3. The Morgan fingerprint density at radius 1 is 1.10 bits per heavy atom. The average molecular weight is 578 g/mol. The van der Waals surface area contributed by atoms with Crippen LogP contribution in [0.5, 0.6) is 5.75 Å². The van der Waals surface area contributed by atoms with Crippen molar-refractivity contribution in [2.75, 3.05) is 22.7 Å². The number of sulfonamides is 1. The van der Waals surface area contributed by atoms with Gasteiger partial charge in [0.25, 0.3) is 15.9 Å². The van der Waals surface area contributed by atoms with Gasteiger partial charge < -0.3 is 19.9 Å². The summed E-state index contributed by atoms with van der Waals surface area (Å²) in [6.07, 6.45) is -7.21. The van der Waals surface area contributed by atoms with Gasteiger partial charge in [-0.3, -0.25) is 14.4 Å². The highest BCUT2D eigenvalue weighted by molar-refractivity contribution is 7.92. The first-order chi connectivity index (χ1) is 17.8. The van der Waals surface area contributed by atoms with Crippen LogP contribution in [-0.2, 0) is 19.6 Å². The zero-order valence-corrected chi connectivity index (χ0v) is 22.1. The van der Waals surface area contributed by atoms with Gasteiger partial charge in [0.2, 0.25) is 5.60 Å². The van der Waals surface area contributed by atoms with Gasteiger partial charge >= 0.3 is 12.3 Å². The molecule has 0 saturated carbocycles. The van der Waals surface area contributed by atoms with Gasteiger partial charge in [0.1, 0.15) is 23.3 Å². The summed E-state index contributed by atoms with van der Waals surface area (Å²) in [5.41, 5.74) is -4.69. The number of halogens is 4. The highest BCUT2D eigenvalue weighted by atomic mass is 32.2. The molecule has 39 heavy (non-hydrogen) atoms. The largest absolute Gasteiger partial charge is 0.484 e. The topological polar surface area (TPSA) is 134 Å². The van der Waals surface area contributed by atoms with E-state index >= 15 is 0 Å². The van der Waals surface area contributed by atoms with Crippen molar-refractivity contribution in [2.45, 2.75) is 56.1 Å². The number of hydrogen-bond acceptors (Lipinski definition) is 7. The Hall–Kier alpha value is -3.59. The minimum Gasteiger partial charge on any atom is -0.484 e. The zero-order chi connectivity index (χ0) is 29.4. The summed E-state index contributed by atoms with van der Waals surface area (Å²) in [5.74, 6) is -1.40. The summed E-state index contributed by atoms with van der Waals surface area (Å²) >= 11 is 0. The third kappa shape index (κ3) is 6.89. The van der Waals surface area contributed by atoms with Gasteiger partial charge in [-0.25, -0.2) is 17.6 Å². The van der Waals surface area contributed by atoms with Gasteiger partial charge in [-0.1, -0.05) is 0 Å². The Morgan fingerprint density at radius 2 is 1.72 bits per heavy atom. The summed E-state index contributed by atoms with van der Waals surface area (Å²) in [7, 11) is -4.35. The molecule has 1 atom stereocenters. The van der Waals surface area contributed by atoms with Crippen LogP contribution in [-0.4, -0.2) is 62.1 Å². The minimum atomic E-state index is -4.84. The smallest absolute Gasteiger partial charge is 0.427 e. The highest BCUT2D eigenvalue weighted by Crippen LogP contribution is 2.39. The molecule has 10 nitrogen and oxygen atoms in total. The van der Waals surface area contributed by atoms with Crippen LogP contribution >= 0.6 is 0 Å². The number of anilines is 2. The number of aliphatic hydroxyl groups is 1. The molecule has 1 aliphatic heterocycles. The van der Waals surface area contributed by atoms with Crippen LogP contribution < -0.4 is 19.7 Å². The van der Waals surface area contributed by atoms with E-state index < -0.39 is 51.3 Å². The lowest BCUT2D eigenvalue weighted by molar-refractivity contribution is -0.242. The molecule has 0 fully saturated rings. The molecule has 0 aromatic heterocycles. The second kappa shape index (κ2) is 10.5. The Bertz CT molecular complexity index is 1340. The van der Waals surface area contributed by atoms with E-state index in [0.29, 0.717) is 13.8 Å². The van der Waals surface area contributed by atoms with E-state index in [1.165, 1.54) is 26.0 Å². The molecule has 1 unspecified atom stereocenters. The summed E-state index contributed by atoms with van der Waals surface area (Å²) in [4.78, 5) is 24.0. The van der Waals surface area contributed by atoms with Gasteiger partial charge in [0, 0.05) is 5.69 Å². The van der Waals surface area contributed by atoms with E-state index in [1.54, 1.807) is 0 Å². The molecular weight excluding hydrogens is 550 g/mol. The maximum absolute atomic E-state index is 13.5. The van der Waals surface area contributed by atoms with Crippen LogP contribution in [0.4, 0.5) is 33.7 Å². The van der Waals surface area contributed by atoms with Crippen LogP contribution in [0.25, 0.3) is 0 Å². The predicted molar refractivity (Wildman–Crippen MR) is 131 cm³/mol. The van der Waals surface area contributed by atoms with Gasteiger partial charge in [-0.05, 0) is 70.2 Å². The monoisotopic (exact) mass is 577 g/mol. The van der Waals surface area contributed by atoms with Crippen molar-refractivity contribution in [3.05, 3.63) is 48.3 Å². The predicted octanol–water partition coefficient (Wildman–Crippen LogP) is 3.56. The first-order valence-electron chi connectivity index (χ1n) is 11.5. The second-order valence-corrected chi connectivity index (χ2v) is 11.6. The molecule has 0 bridgehead atoms. The number of hydrogen-bond donors (Lipinski definition) is 3. The summed E-state index contributed by atoms with van der Waals surface area (Å²) in [6.45, 7) is 3.31. The van der Waals surface area contributed by atoms with Crippen molar-refractivity contribution in [1.82, 2.24) is 5.32 Å². The van der Waals surface area contributed by atoms with Crippen LogP contribution in [0.15, 0.2) is 47.4 Å². The molecule has 1 heterocycles. The first kappa shape index (κ1) is 30.0. The molecule has 2 aromatic carbocycles. The molecule has 3 N–H and O–H groups in total. The Labute approximate surface area is 221 Å². The van der Waals surface area contributed by atoms with E-state index in [0.717, 1.165) is 34.6 Å². The third-order valence-corrected chi connectivity index (χ3v) is 7.41. The van der Waals surface area contributed by atoms with E-state index in [9.17, 15) is 40.7 Å². The summed E-state index contributed by atoms with van der Waals surface area (Å²) in [5, 5.41) is 14.4. The van der Waals surface area contributed by atoms with Crippen LogP contribution in [0.3, 0.4) is 0 Å². The minimum absolute atomic E-state index is 0.00369. The molecule has 0 saturated heterocycles. The number of ether oxygens (including phenoxy) is 2. The molecule has 0 spiro atoms. The van der Waals surface area contributed by atoms with Crippen molar-refractivity contribution in [3.8, 4) is 5.75 Å². The van der Waals surface area contributed by atoms with Crippen LogP contribution in [0, 0.1) is 5.82 Å². The number of carbonyl (C=O) groups excluding carboxylic acids is 2. The number of amides is 2. The molecule has 2 aromatic rings. The van der Waals surface area contributed by atoms with Crippen LogP contribution in [0.2, 0.25) is 0 Å². The molecule has 2 amide bonds. The van der Waals surface area contributed by atoms with Gasteiger partial charge in [-0.2, -0.15) is 13.2 Å². The maximum atomic E-state index is 13.5. The number of alkyl halides is 3. The molecule has 3 rings (SSSR count). The lowest BCUT2D eigenvalue weighted by Crippen LogP contribution is -2.51. The lowest BCUT2D eigenvalue weighted by Gasteiger charge is -2.36. The lowest BCUT2D eigenvalue weighted by atomic mass is 10.1. The molecule has 214 valence electrons. The number of carbonyl (C=O) groups is 2. The molecule has 1 aliphatic rings. The first-order valence-corrected chi connectivity index (χ1v) is 12.9. The highest BCUT2D eigenvalue weighted by Gasteiger charge is 2.51. The number of nitrogens with one attached hydrogen (secondary N) is 2.